The van der Waals surface area contributed by atoms with Gasteiger partial charge < -0.3 is 4.90 Å². The number of nitro benzene ring substituents is 1. The van der Waals surface area contributed by atoms with Crippen LogP contribution in [0.2, 0.25) is 0 Å². The lowest BCUT2D eigenvalue weighted by molar-refractivity contribution is -0.385. The number of carbonyl (C=O) groups is 1. The zero-order valence-electron chi connectivity index (χ0n) is 9.84. The Labute approximate surface area is 99.5 Å². The average molecular weight is 234 g/mol. The molecule has 0 unspecified atom stereocenters. The van der Waals surface area contributed by atoms with Crippen LogP contribution >= 0.6 is 0 Å². The Hall–Kier alpha value is -2.17. The molecule has 0 bridgehead atoms. The minimum Gasteiger partial charge on any atom is -0.371 e. The maximum atomic E-state index is 11.4. The highest BCUT2D eigenvalue weighted by Gasteiger charge is 2.18. The quantitative estimate of drug-likeness (QED) is 0.339. The molecule has 0 spiro atoms. The van der Waals surface area contributed by atoms with Crippen molar-refractivity contribution < 1.29 is 9.72 Å². The van der Waals surface area contributed by atoms with E-state index in [2.05, 4.69) is 6.58 Å². The van der Waals surface area contributed by atoms with E-state index >= 15 is 0 Å². The summed E-state index contributed by atoms with van der Waals surface area (Å²) in [6.07, 6.45) is 1.72. The van der Waals surface area contributed by atoms with E-state index in [4.69, 9.17) is 0 Å². The van der Waals surface area contributed by atoms with Gasteiger partial charge in [0.25, 0.3) is 5.69 Å². The Morgan fingerprint density at radius 2 is 2.24 bits per heavy atom. The van der Waals surface area contributed by atoms with Crippen molar-refractivity contribution in [2.75, 3.05) is 18.5 Å². The van der Waals surface area contributed by atoms with Crippen LogP contribution in [0.25, 0.3) is 0 Å². The number of likely N-dealkylation sites (N-methyl/N-ethyl adjacent to an activating group) is 1. The first-order chi connectivity index (χ1) is 7.97. The number of hydrogen-bond donors (Lipinski definition) is 0. The summed E-state index contributed by atoms with van der Waals surface area (Å²) in [5.74, 6) is -0.314. The van der Waals surface area contributed by atoms with Gasteiger partial charge in [0.15, 0.2) is 5.78 Å². The average Bonchev–Trinajstić information content (AvgIpc) is 2.28. The third kappa shape index (κ3) is 2.90. The van der Waals surface area contributed by atoms with E-state index < -0.39 is 4.92 Å². The molecular formula is C12H14N2O3. The molecule has 0 aliphatic heterocycles. The van der Waals surface area contributed by atoms with Crippen LogP contribution in [0.1, 0.15) is 17.3 Å². The number of nitro groups is 1. The molecule has 1 aromatic carbocycles. The van der Waals surface area contributed by atoms with E-state index in [1.165, 1.54) is 19.1 Å². The number of rotatable bonds is 5. The number of hydrogen-bond acceptors (Lipinski definition) is 4. The Kier molecular flexibility index (Phi) is 3.98. The Morgan fingerprint density at radius 1 is 1.59 bits per heavy atom. The molecule has 5 heteroatoms. The van der Waals surface area contributed by atoms with Crippen LogP contribution in [0.5, 0.6) is 0 Å². The van der Waals surface area contributed by atoms with E-state index in [0.29, 0.717) is 6.54 Å². The highest BCUT2D eigenvalue weighted by molar-refractivity contribution is 5.99. The fraction of sp³-hybridized carbons (Fsp3) is 0.250. The first kappa shape index (κ1) is 12.9. The Morgan fingerprint density at radius 3 is 2.71 bits per heavy atom. The summed E-state index contributed by atoms with van der Waals surface area (Å²) in [7, 11) is 1.83. The summed E-state index contributed by atoms with van der Waals surface area (Å²) >= 11 is 0. The zero-order valence-corrected chi connectivity index (χ0v) is 9.84. The van der Waals surface area contributed by atoms with Gasteiger partial charge in [-0.25, -0.2) is 0 Å². The number of ketones is 1. The smallest absolute Gasteiger partial charge is 0.280 e. The Balaban J connectivity index is 3.23. The highest BCUT2D eigenvalue weighted by atomic mass is 16.6. The fourth-order valence-electron chi connectivity index (χ4n) is 1.50. The minimum absolute atomic E-state index is 0.128. The van der Waals surface area contributed by atoms with Crippen molar-refractivity contribution >= 4 is 17.2 Å². The predicted octanol–water partition coefficient (Wildman–Crippen LogP) is 2.42. The number of carbonyl (C=O) groups excluding carboxylic acids is 1. The normalized spacial score (nSPS) is 9.76. The summed E-state index contributed by atoms with van der Waals surface area (Å²) in [6.45, 7) is 5.54. The molecule has 0 heterocycles. The molecule has 90 valence electrons. The molecule has 17 heavy (non-hydrogen) atoms. The van der Waals surface area contributed by atoms with Gasteiger partial charge in [0.1, 0.15) is 0 Å². The SMILES string of the molecule is C=CCN(C)c1ccc([N+](=O)[O-])c(C(C)=O)c1. The van der Waals surface area contributed by atoms with E-state index in [0.717, 1.165) is 5.69 Å². The van der Waals surface area contributed by atoms with E-state index in [9.17, 15) is 14.9 Å². The molecule has 1 aromatic rings. The van der Waals surface area contributed by atoms with Gasteiger partial charge in [0.05, 0.1) is 10.5 Å². The lowest BCUT2D eigenvalue weighted by atomic mass is 10.1. The van der Waals surface area contributed by atoms with Crippen molar-refractivity contribution in [2.45, 2.75) is 6.92 Å². The van der Waals surface area contributed by atoms with Gasteiger partial charge in [0.2, 0.25) is 0 Å². The maximum absolute atomic E-state index is 11.4. The van der Waals surface area contributed by atoms with Gasteiger partial charge in [0, 0.05) is 25.3 Å². The summed E-state index contributed by atoms with van der Waals surface area (Å²) in [5.41, 5.74) is 0.720. The minimum atomic E-state index is -0.548. The van der Waals surface area contributed by atoms with Crippen molar-refractivity contribution in [2.24, 2.45) is 0 Å². The molecule has 0 saturated carbocycles. The third-order valence-electron chi connectivity index (χ3n) is 2.40. The highest BCUT2D eigenvalue weighted by Crippen LogP contribution is 2.24. The second-order valence-corrected chi connectivity index (χ2v) is 3.68. The van der Waals surface area contributed by atoms with Crippen molar-refractivity contribution in [3.63, 3.8) is 0 Å². The monoisotopic (exact) mass is 234 g/mol. The molecule has 1 rings (SSSR count). The summed E-state index contributed by atoms with van der Waals surface area (Å²) in [6, 6.07) is 4.50. The second kappa shape index (κ2) is 5.25. The van der Waals surface area contributed by atoms with E-state index in [1.54, 1.807) is 12.1 Å². The fourth-order valence-corrected chi connectivity index (χ4v) is 1.50. The van der Waals surface area contributed by atoms with Crippen LogP contribution in [0.3, 0.4) is 0 Å². The molecule has 0 N–H and O–H groups in total. The first-order valence-corrected chi connectivity index (χ1v) is 5.08. The van der Waals surface area contributed by atoms with Gasteiger partial charge in [-0.05, 0) is 19.1 Å². The summed E-state index contributed by atoms with van der Waals surface area (Å²) < 4.78 is 0. The molecule has 0 fully saturated rings. The third-order valence-corrected chi connectivity index (χ3v) is 2.40. The van der Waals surface area contributed by atoms with E-state index in [1.807, 2.05) is 11.9 Å². The van der Waals surface area contributed by atoms with Crippen LogP contribution in [0.15, 0.2) is 30.9 Å². The molecule has 0 aliphatic rings. The van der Waals surface area contributed by atoms with Crippen LogP contribution in [-0.2, 0) is 0 Å². The van der Waals surface area contributed by atoms with Crippen LogP contribution in [0.4, 0.5) is 11.4 Å². The Bertz CT molecular complexity index is 469. The molecule has 0 atom stereocenters. The largest absolute Gasteiger partial charge is 0.371 e. The standard InChI is InChI=1S/C12H14N2O3/c1-4-7-13(3)10-5-6-12(14(16)17)11(8-10)9(2)15/h4-6,8H,1,7H2,2-3H3. The van der Waals surface area contributed by atoms with E-state index in [-0.39, 0.29) is 17.0 Å². The van der Waals surface area contributed by atoms with Crippen LogP contribution < -0.4 is 4.90 Å². The van der Waals surface area contributed by atoms with Gasteiger partial charge in [-0.1, -0.05) is 6.08 Å². The van der Waals surface area contributed by atoms with Crippen LogP contribution in [0, 0.1) is 10.1 Å². The van der Waals surface area contributed by atoms with Crippen molar-refractivity contribution in [3.05, 3.63) is 46.5 Å². The number of Topliss-reactive ketones (excluding diaryl/α,β-unsaturated/α-hetero) is 1. The van der Waals surface area contributed by atoms with Crippen molar-refractivity contribution in [3.8, 4) is 0 Å². The van der Waals surface area contributed by atoms with Crippen molar-refractivity contribution in [1.82, 2.24) is 0 Å². The molecule has 0 aliphatic carbocycles. The number of benzene rings is 1. The number of nitrogens with zero attached hydrogens (tertiary/aromatic N) is 2. The van der Waals surface area contributed by atoms with Gasteiger partial charge >= 0.3 is 0 Å². The van der Waals surface area contributed by atoms with Gasteiger partial charge in [-0.3, -0.25) is 14.9 Å². The molecular weight excluding hydrogens is 220 g/mol. The predicted molar refractivity (Wildman–Crippen MR) is 66.6 cm³/mol. The molecule has 0 aromatic heterocycles. The summed E-state index contributed by atoms with van der Waals surface area (Å²) in [5, 5.41) is 10.8. The molecule has 0 amide bonds. The molecule has 0 radical (unpaired) electrons. The summed E-state index contributed by atoms with van der Waals surface area (Å²) in [4.78, 5) is 23.4. The zero-order chi connectivity index (χ0) is 13.0. The van der Waals surface area contributed by atoms with Gasteiger partial charge in [-0.15, -0.1) is 6.58 Å². The first-order valence-electron chi connectivity index (χ1n) is 5.08. The lowest BCUT2D eigenvalue weighted by Gasteiger charge is -2.17. The van der Waals surface area contributed by atoms with Crippen LogP contribution in [-0.4, -0.2) is 24.3 Å². The lowest BCUT2D eigenvalue weighted by Crippen LogP contribution is -2.17. The maximum Gasteiger partial charge on any atom is 0.280 e. The van der Waals surface area contributed by atoms with Gasteiger partial charge in [-0.2, -0.15) is 0 Å². The second-order valence-electron chi connectivity index (χ2n) is 3.68. The van der Waals surface area contributed by atoms with Crippen molar-refractivity contribution in [1.29, 1.82) is 0 Å². The number of anilines is 1. The molecule has 0 saturated heterocycles. The molecule has 5 nitrogen and oxygen atoms in total. The topological polar surface area (TPSA) is 63.4 Å².